The molecule has 0 radical (unpaired) electrons. The van der Waals surface area contributed by atoms with Crippen molar-refractivity contribution in [3.63, 3.8) is 0 Å². The van der Waals surface area contributed by atoms with E-state index in [1.807, 2.05) is 56.3 Å². The molecule has 0 aromatic heterocycles. The molecule has 2 aromatic rings. The summed E-state index contributed by atoms with van der Waals surface area (Å²) in [6, 6.07) is 14.0. The second kappa shape index (κ2) is 15.5. The Morgan fingerprint density at radius 1 is 0.905 bits per heavy atom. The Balaban J connectivity index is 1.33. The van der Waals surface area contributed by atoms with Gasteiger partial charge in [-0.05, 0) is 106 Å². The predicted molar refractivity (Wildman–Crippen MR) is 169 cm³/mol. The highest BCUT2D eigenvalue weighted by atomic mass is 35.5. The molecule has 0 bridgehead atoms. The number of amides is 3. The molecule has 8 heteroatoms. The highest BCUT2D eigenvalue weighted by Gasteiger charge is 2.32. The molecule has 228 valence electrons. The van der Waals surface area contributed by atoms with Crippen molar-refractivity contribution in [1.82, 2.24) is 21.3 Å². The van der Waals surface area contributed by atoms with Crippen molar-refractivity contribution in [3.05, 3.63) is 70.2 Å². The second-order valence-electron chi connectivity index (χ2n) is 12.5. The second-order valence-corrected chi connectivity index (χ2v) is 13.0. The van der Waals surface area contributed by atoms with Crippen LogP contribution < -0.4 is 21.3 Å². The van der Waals surface area contributed by atoms with E-state index in [4.69, 9.17) is 11.6 Å². The van der Waals surface area contributed by atoms with Crippen LogP contribution in [0.5, 0.6) is 0 Å². The van der Waals surface area contributed by atoms with E-state index in [1.165, 1.54) is 18.4 Å². The molecule has 1 saturated carbocycles. The molecular weight excluding hydrogens is 548 g/mol. The molecule has 1 saturated heterocycles. The lowest BCUT2D eigenvalue weighted by Crippen LogP contribution is -2.55. The van der Waals surface area contributed by atoms with E-state index < -0.39 is 12.1 Å². The van der Waals surface area contributed by atoms with Gasteiger partial charge < -0.3 is 21.3 Å². The summed E-state index contributed by atoms with van der Waals surface area (Å²) in [6.45, 7) is 7.84. The smallest absolute Gasteiger partial charge is 0.251 e. The summed E-state index contributed by atoms with van der Waals surface area (Å²) in [4.78, 5) is 39.6. The van der Waals surface area contributed by atoms with Crippen LogP contribution in [0.1, 0.15) is 93.1 Å². The molecule has 4 atom stereocenters. The first kappa shape index (κ1) is 32.0. The average molecular weight is 595 g/mol. The summed E-state index contributed by atoms with van der Waals surface area (Å²) in [7, 11) is 0. The van der Waals surface area contributed by atoms with E-state index in [9.17, 15) is 14.4 Å². The van der Waals surface area contributed by atoms with Crippen LogP contribution in [-0.2, 0) is 16.0 Å². The molecule has 1 aliphatic carbocycles. The van der Waals surface area contributed by atoms with Crippen molar-refractivity contribution in [2.75, 3.05) is 13.1 Å². The van der Waals surface area contributed by atoms with Crippen LogP contribution in [0.15, 0.2) is 48.5 Å². The lowest BCUT2D eigenvalue weighted by molar-refractivity contribution is -0.130. The van der Waals surface area contributed by atoms with Crippen LogP contribution in [0.3, 0.4) is 0 Å². The van der Waals surface area contributed by atoms with Gasteiger partial charge in [-0.15, -0.1) is 0 Å². The largest absolute Gasteiger partial charge is 0.351 e. The van der Waals surface area contributed by atoms with Gasteiger partial charge in [0.2, 0.25) is 11.8 Å². The van der Waals surface area contributed by atoms with E-state index in [0.29, 0.717) is 22.9 Å². The summed E-state index contributed by atoms with van der Waals surface area (Å²) < 4.78 is 0. The molecule has 0 unspecified atom stereocenters. The van der Waals surface area contributed by atoms with E-state index in [2.05, 4.69) is 27.3 Å². The van der Waals surface area contributed by atoms with E-state index >= 15 is 0 Å². The van der Waals surface area contributed by atoms with Gasteiger partial charge >= 0.3 is 0 Å². The first-order valence-corrected chi connectivity index (χ1v) is 16.0. The fraction of sp³-hybridized carbons (Fsp3) is 0.559. The van der Waals surface area contributed by atoms with Gasteiger partial charge in [-0.3, -0.25) is 14.4 Å². The Hall–Kier alpha value is -2.90. The molecule has 4 rings (SSSR count). The average Bonchev–Trinajstić information content (AvgIpc) is 2.97. The van der Waals surface area contributed by atoms with Gasteiger partial charge in [0.1, 0.15) is 12.1 Å². The van der Waals surface area contributed by atoms with Gasteiger partial charge in [0.15, 0.2) is 0 Å². The molecule has 42 heavy (non-hydrogen) atoms. The molecule has 1 heterocycles. The standard InChI is InChI=1S/C34H47ClN4O3/c1-22(2)19-31(34(42)38-30-10-5-4-9-29(30)27-7-6-8-28(35)21-27)39-32(40)23(3)37-33(41)26-13-11-24(12-14-26)20-25-15-17-36-18-16-25/h6-8,11-14,21-23,25,29-31,36H,4-5,9-10,15-20H2,1-3H3,(H,37,41)(H,38,42)(H,39,40)/t23-,29-,30+,31-/m0/s1. The molecule has 1 aliphatic heterocycles. The third-order valence-electron chi connectivity index (χ3n) is 8.65. The molecule has 2 fully saturated rings. The van der Waals surface area contributed by atoms with Crippen LogP contribution in [0.2, 0.25) is 5.02 Å². The zero-order chi connectivity index (χ0) is 30.1. The van der Waals surface area contributed by atoms with Gasteiger partial charge in [0.25, 0.3) is 5.91 Å². The third-order valence-corrected chi connectivity index (χ3v) is 8.89. The quantitative estimate of drug-likeness (QED) is 0.281. The van der Waals surface area contributed by atoms with Crippen molar-refractivity contribution in [3.8, 4) is 0 Å². The maximum absolute atomic E-state index is 13.5. The van der Waals surface area contributed by atoms with E-state index in [-0.39, 0.29) is 35.6 Å². The minimum absolute atomic E-state index is 0.0221. The van der Waals surface area contributed by atoms with Gasteiger partial charge in [-0.1, -0.05) is 62.6 Å². The van der Waals surface area contributed by atoms with Gasteiger partial charge in [0, 0.05) is 22.5 Å². The van der Waals surface area contributed by atoms with Crippen LogP contribution in [0.25, 0.3) is 0 Å². The third kappa shape index (κ3) is 9.30. The van der Waals surface area contributed by atoms with Crippen molar-refractivity contribution >= 4 is 29.3 Å². The Morgan fingerprint density at radius 2 is 1.62 bits per heavy atom. The van der Waals surface area contributed by atoms with Crippen molar-refractivity contribution in [1.29, 1.82) is 0 Å². The summed E-state index contributed by atoms with van der Waals surface area (Å²) in [5, 5.41) is 13.1. The highest BCUT2D eigenvalue weighted by Crippen LogP contribution is 2.34. The Morgan fingerprint density at radius 3 is 2.31 bits per heavy atom. The van der Waals surface area contributed by atoms with Crippen LogP contribution in [0, 0.1) is 11.8 Å². The molecule has 0 spiro atoms. The van der Waals surface area contributed by atoms with Gasteiger partial charge in [0.05, 0.1) is 0 Å². The molecular formula is C34H47ClN4O3. The lowest BCUT2D eigenvalue weighted by Gasteiger charge is -2.34. The van der Waals surface area contributed by atoms with Crippen LogP contribution in [-0.4, -0.2) is 48.9 Å². The Bertz CT molecular complexity index is 1200. The number of rotatable bonds is 11. The molecule has 4 N–H and O–H groups in total. The number of carbonyl (C=O) groups excluding carboxylic acids is 3. The Kier molecular flexibility index (Phi) is 11.8. The predicted octanol–water partition coefficient (Wildman–Crippen LogP) is 5.37. The number of hydrogen-bond donors (Lipinski definition) is 4. The minimum atomic E-state index is -0.789. The molecule has 2 aromatic carbocycles. The summed E-state index contributed by atoms with van der Waals surface area (Å²) in [5.74, 6) is 0.194. The van der Waals surface area contributed by atoms with Crippen molar-refractivity contribution < 1.29 is 14.4 Å². The fourth-order valence-corrected chi connectivity index (χ4v) is 6.48. The lowest BCUT2D eigenvalue weighted by atomic mass is 9.80. The van der Waals surface area contributed by atoms with Crippen molar-refractivity contribution in [2.45, 2.75) is 96.2 Å². The summed E-state index contributed by atoms with van der Waals surface area (Å²) in [5.41, 5.74) is 2.87. The number of nitrogens with one attached hydrogen (secondary N) is 4. The minimum Gasteiger partial charge on any atom is -0.351 e. The number of carbonyl (C=O) groups is 3. The molecule has 2 aliphatic rings. The normalized spacial score (nSPS) is 20.9. The van der Waals surface area contributed by atoms with Gasteiger partial charge in [-0.25, -0.2) is 0 Å². The maximum atomic E-state index is 13.5. The summed E-state index contributed by atoms with van der Waals surface area (Å²) >= 11 is 6.26. The topological polar surface area (TPSA) is 99.3 Å². The maximum Gasteiger partial charge on any atom is 0.251 e. The first-order valence-electron chi connectivity index (χ1n) is 15.7. The van der Waals surface area contributed by atoms with Crippen LogP contribution in [0.4, 0.5) is 0 Å². The van der Waals surface area contributed by atoms with E-state index in [0.717, 1.165) is 50.8 Å². The van der Waals surface area contributed by atoms with Crippen LogP contribution >= 0.6 is 11.6 Å². The highest BCUT2D eigenvalue weighted by molar-refractivity contribution is 6.30. The SMILES string of the molecule is CC(C)C[C@H](NC(=O)[C@H](C)NC(=O)c1ccc(CC2CCNCC2)cc1)C(=O)N[C@@H]1CCCC[C@H]1c1cccc(Cl)c1. The number of halogens is 1. The zero-order valence-corrected chi connectivity index (χ0v) is 26.0. The Labute approximate surface area is 255 Å². The number of piperidine rings is 1. The molecule has 3 amide bonds. The monoisotopic (exact) mass is 594 g/mol. The molecule has 7 nitrogen and oxygen atoms in total. The zero-order valence-electron chi connectivity index (χ0n) is 25.3. The fourth-order valence-electron chi connectivity index (χ4n) is 6.28. The number of hydrogen-bond acceptors (Lipinski definition) is 4. The van der Waals surface area contributed by atoms with Crippen molar-refractivity contribution in [2.24, 2.45) is 11.8 Å². The van der Waals surface area contributed by atoms with E-state index in [1.54, 1.807) is 6.92 Å². The summed E-state index contributed by atoms with van der Waals surface area (Å²) in [6.07, 6.45) is 7.89. The van der Waals surface area contributed by atoms with Gasteiger partial charge in [-0.2, -0.15) is 0 Å². The number of benzene rings is 2. The first-order chi connectivity index (χ1) is 20.2.